The smallest absolute Gasteiger partial charge is 0.337 e. The predicted octanol–water partition coefficient (Wildman–Crippen LogP) is 3.27. The quantitative estimate of drug-likeness (QED) is 0.712. The fourth-order valence-corrected chi connectivity index (χ4v) is 2.52. The number of ether oxygens (including phenoxy) is 1. The van der Waals surface area contributed by atoms with Crippen molar-refractivity contribution in [1.82, 2.24) is 15.0 Å². The molecule has 0 aliphatic rings. The van der Waals surface area contributed by atoms with Gasteiger partial charge < -0.3 is 10.1 Å². The van der Waals surface area contributed by atoms with Crippen LogP contribution in [0, 0.1) is 6.92 Å². The number of hydrogen-bond donors (Lipinski definition) is 1. The van der Waals surface area contributed by atoms with Crippen molar-refractivity contribution in [3.63, 3.8) is 0 Å². The molecule has 0 radical (unpaired) electrons. The number of methoxy groups -OCH3 is 1. The van der Waals surface area contributed by atoms with Crippen LogP contribution in [0.25, 0.3) is 5.69 Å². The average Bonchev–Trinajstić information content (AvgIpc) is 3.03. The van der Waals surface area contributed by atoms with Crippen molar-refractivity contribution in [3.8, 4) is 5.69 Å². The zero-order chi connectivity index (χ0) is 18.7. The summed E-state index contributed by atoms with van der Waals surface area (Å²) in [4.78, 5) is 24.1. The maximum absolute atomic E-state index is 12.5. The van der Waals surface area contributed by atoms with Crippen LogP contribution in [-0.4, -0.2) is 34.0 Å². The first-order chi connectivity index (χ1) is 12.5. The minimum atomic E-state index is -0.481. The number of anilines is 1. The molecule has 0 saturated carbocycles. The van der Waals surface area contributed by atoms with Gasteiger partial charge in [-0.1, -0.05) is 22.9 Å². The summed E-state index contributed by atoms with van der Waals surface area (Å²) < 4.78 is 6.23. The van der Waals surface area contributed by atoms with Crippen LogP contribution in [0.4, 0.5) is 5.69 Å². The monoisotopic (exact) mass is 370 g/mol. The largest absolute Gasteiger partial charge is 0.465 e. The number of halogens is 1. The second kappa shape index (κ2) is 7.37. The minimum absolute atomic E-state index is 0.184. The molecule has 0 unspecified atom stereocenters. The van der Waals surface area contributed by atoms with Gasteiger partial charge in [-0.05, 0) is 49.4 Å². The number of rotatable bonds is 4. The van der Waals surface area contributed by atoms with Gasteiger partial charge in [0.25, 0.3) is 5.91 Å². The van der Waals surface area contributed by atoms with E-state index < -0.39 is 11.9 Å². The fraction of sp³-hybridized carbons (Fsp3) is 0.111. The van der Waals surface area contributed by atoms with Gasteiger partial charge in [0.1, 0.15) is 0 Å². The van der Waals surface area contributed by atoms with Gasteiger partial charge in [0.2, 0.25) is 0 Å². The van der Waals surface area contributed by atoms with Gasteiger partial charge in [0.15, 0.2) is 5.69 Å². The third-order valence-electron chi connectivity index (χ3n) is 3.72. The summed E-state index contributed by atoms with van der Waals surface area (Å²) in [6.45, 7) is 1.74. The molecule has 26 heavy (non-hydrogen) atoms. The number of carbonyl (C=O) groups is 2. The molecule has 0 aliphatic heterocycles. The summed E-state index contributed by atoms with van der Waals surface area (Å²) in [6.07, 6.45) is 0. The van der Waals surface area contributed by atoms with E-state index in [0.29, 0.717) is 22.0 Å². The number of amides is 1. The van der Waals surface area contributed by atoms with Crippen molar-refractivity contribution in [3.05, 3.63) is 70.5 Å². The molecular weight excluding hydrogens is 356 g/mol. The highest BCUT2D eigenvalue weighted by molar-refractivity contribution is 6.30. The second-order valence-corrected chi connectivity index (χ2v) is 5.87. The van der Waals surface area contributed by atoms with E-state index in [4.69, 9.17) is 11.6 Å². The van der Waals surface area contributed by atoms with Crippen LogP contribution in [0.2, 0.25) is 5.02 Å². The Labute approximate surface area is 154 Å². The average molecular weight is 371 g/mol. The lowest BCUT2D eigenvalue weighted by atomic mass is 10.2. The first-order valence-corrected chi connectivity index (χ1v) is 8.05. The van der Waals surface area contributed by atoms with Gasteiger partial charge in [-0.25, -0.2) is 9.48 Å². The first-order valence-electron chi connectivity index (χ1n) is 7.67. The number of benzene rings is 2. The van der Waals surface area contributed by atoms with E-state index in [1.54, 1.807) is 54.1 Å². The summed E-state index contributed by atoms with van der Waals surface area (Å²) in [5.41, 5.74) is 2.30. The molecule has 2 aromatic carbocycles. The number of carbonyl (C=O) groups excluding carboxylic acids is 2. The van der Waals surface area contributed by atoms with Gasteiger partial charge in [-0.3, -0.25) is 4.79 Å². The fourth-order valence-electron chi connectivity index (χ4n) is 2.40. The Morgan fingerprint density at radius 1 is 1.15 bits per heavy atom. The SMILES string of the molecule is COC(=O)c1cccc(NC(=O)c2nnn(-c3ccc(Cl)cc3)c2C)c1. The highest BCUT2D eigenvalue weighted by Gasteiger charge is 2.18. The van der Waals surface area contributed by atoms with Crippen molar-refractivity contribution >= 4 is 29.2 Å². The Morgan fingerprint density at radius 3 is 2.58 bits per heavy atom. The molecule has 0 saturated heterocycles. The van der Waals surface area contributed by atoms with Crippen LogP contribution in [-0.2, 0) is 4.74 Å². The van der Waals surface area contributed by atoms with E-state index in [1.807, 2.05) is 0 Å². The van der Waals surface area contributed by atoms with Crippen molar-refractivity contribution in [2.45, 2.75) is 6.92 Å². The van der Waals surface area contributed by atoms with E-state index in [1.165, 1.54) is 13.2 Å². The Kier molecular flexibility index (Phi) is 4.99. The molecule has 1 N–H and O–H groups in total. The maximum atomic E-state index is 12.5. The first kappa shape index (κ1) is 17.6. The zero-order valence-electron chi connectivity index (χ0n) is 14.1. The lowest BCUT2D eigenvalue weighted by Gasteiger charge is -2.06. The molecule has 8 heteroatoms. The molecule has 0 spiro atoms. The summed E-state index contributed by atoms with van der Waals surface area (Å²) in [6, 6.07) is 13.5. The summed E-state index contributed by atoms with van der Waals surface area (Å²) >= 11 is 5.89. The second-order valence-electron chi connectivity index (χ2n) is 5.44. The minimum Gasteiger partial charge on any atom is -0.465 e. The Hall–Kier alpha value is -3.19. The van der Waals surface area contributed by atoms with Crippen molar-refractivity contribution in [2.24, 2.45) is 0 Å². The molecule has 0 fully saturated rings. The molecule has 7 nitrogen and oxygen atoms in total. The van der Waals surface area contributed by atoms with Gasteiger partial charge >= 0.3 is 5.97 Å². The van der Waals surface area contributed by atoms with Gasteiger partial charge in [-0.15, -0.1) is 5.10 Å². The van der Waals surface area contributed by atoms with E-state index in [-0.39, 0.29) is 5.69 Å². The number of nitrogens with zero attached hydrogens (tertiary/aromatic N) is 3. The van der Waals surface area contributed by atoms with Crippen molar-refractivity contribution < 1.29 is 14.3 Å². The topological polar surface area (TPSA) is 86.1 Å². The Balaban J connectivity index is 1.83. The highest BCUT2D eigenvalue weighted by atomic mass is 35.5. The van der Waals surface area contributed by atoms with Crippen molar-refractivity contribution in [1.29, 1.82) is 0 Å². The third-order valence-corrected chi connectivity index (χ3v) is 3.97. The number of aromatic nitrogens is 3. The van der Waals surface area contributed by atoms with E-state index in [0.717, 1.165) is 5.69 Å². The Morgan fingerprint density at radius 2 is 1.88 bits per heavy atom. The number of nitrogens with one attached hydrogen (secondary N) is 1. The van der Waals surface area contributed by atoms with E-state index in [2.05, 4.69) is 20.4 Å². The lowest BCUT2D eigenvalue weighted by molar-refractivity contribution is 0.0600. The van der Waals surface area contributed by atoms with Crippen LogP contribution < -0.4 is 5.32 Å². The van der Waals surface area contributed by atoms with Crippen LogP contribution in [0.1, 0.15) is 26.5 Å². The van der Waals surface area contributed by atoms with Gasteiger partial charge in [0.05, 0.1) is 24.1 Å². The van der Waals surface area contributed by atoms with Crippen LogP contribution >= 0.6 is 11.6 Å². The standard InChI is InChI=1S/C18H15ClN4O3/c1-11-16(21-22-23(11)15-8-6-13(19)7-9-15)17(24)20-14-5-3-4-12(10-14)18(25)26-2/h3-10H,1-2H3,(H,20,24). The van der Waals surface area contributed by atoms with Crippen LogP contribution in [0.3, 0.4) is 0 Å². The molecule has 1 aromatic heterocycles. The van der Waals surface area contributed by atoms with E-state index in [9.17, 15) is 9.59 Å². The molecule has 0 atom stereocenters. The summed E-state index contributed by atoms with van der Waals surface area (Å²) in [5.74, 6) is -0.907. The summed E-state index contributed by atoms with van der Waals surface area (Å²) in [7, 11) is 1.30. The Bertz CT molecular complexity index is 967. The molecule has 3 aromatic rings. The number of esters is 1. The van der Waals surface area contributed by atoms with Crippen molar-refractivity contribution in [2.75, 3.05) is 12.4 Å². The maximum Gasteiger partial charge on any atom is 0.337 e. The normalized spacial score (nSPS) is 10.4. The lowest BCUT2D eigenvalue weighted by Crippen LogP contribution is -2.14. The van der Waals surface area contributed by atoms with E-state index >= 15 is 0 Å². The molecule has 3 rings (SSSR count). The van der Waals surface area contributed by atoms with Gasteiger partial charge in [-0.2, -0.15) is 0 Å². The molecule has 1 amide bonds. The molecule has 0 aliphatic carbocycles. The molecule has 1 heterocycles. The van der Waals surface area contributed by atoms with Gasteiger partial charge in [0, 0.05) is 10.7 Å². The summed E-state index contributed by atoms with van der Waals surface area (Å²) in [5, 5.41) is 11.3. The van der Waals surface area contributed by atoms with Crippen LogP contribution in [0.15, 0.2) is 48.5 Å². The highest BCUT2D eigenvalue weighted by Crippen LogP contribution is 2.17. The molecular formula is C18H15ClN4O3. The van der Waals surface area contributed by atoms with Crippen LogP contribution in [0.5, 0.6) is 0 Å². The molecule has 132 valence electrons. The zero-order valence-corrected chi connectivity index (χ0v) is 14.8. The number of hydrogen-bond acceptors (Lipinski definition) is 5. The third kappa shape index (κ3) is 3.57. The molecule has 0 bridgehead atoms. The predicted molar refractivity (Wildman–Crippen MR) is 96.8 cm³/mol.